The predicted molar refractivity (Wildman–Crippen MR) is 79.7 cm³/mol. The molecule has 1 aromatic carbocycles. The van der Waals surface area contributed by atoms with Gasteiger partial charge < -0.3 is 10.5 Å². The third-order valence-corrected chi connectivity index (χ3v) is 4.63. The van der Waals surface area contributed by atoms with Crippen molar-refractivity contribution in [3.63, 3.8) is 0 Å². The highest BCUT2D eigenvalue weighted by atomic mass is 79.9. The molecule has 0 saturated carbocycles. The second kappa shape index (κ2) is 7.14. The maximum atomic E-state index is 13.3. The molecule has 0 spiro atoms. The van der Waals surface area contributed by atoms with Crippen LogP contribution in [0.2, 0.25) is 0 Å². The number of benzene rings is 1. The number of carbonyl (C=O) groups is 1. The van der Waals surface area contributed by atoms with Gasteiger partial charge in [0.25, 0.3) is 0 Å². The molecule has 0 heterocycles. The van der Waals surface area contributed by atoms with Gasteiger partial charge in [-0.3, -0.25) is 4.79 Å². The molecule has 0 aromatic heterocycles. The Kier molecular flexibility index (Phi) is 6.13. The first-order valence-electron chi connectivity index (χ1n) is 5.96. The summed E-state index contributed by atoms with van der Waals surface area (Å²) in [5.41, 5.74) is 5.61. The van der Waals surface area contributed by atoms with Gasteiger partial charge in [-0.1, -0.05) is 6.92 Å². The van der Waals surface area contributed by atoms with Gasteiger partial charge >= 0.3 is 5.97 Å². The minimum atomic E-state index is -0.478. The number of carbonyl (C=O) groups excluding carboxylic acids is 1. The molecule has 0 aliphatic heterocycles. The van der Waals surface area contributed by atoms with Gasteiger partial charge in [0, 0.05) is 9.37 Å². The maximum absolute atomic E-state index is 13.3. The van der Waals surface area contributed by atoms with E-state index >= 15 is 0 Å². The first-order chi connectivity index (χ1) is 8.85. The maximum Gasteiger partial charge on any atom is 0.319 e. The molecule has 6 heteroatoms. The van der Waals surface area contributed by atoms with Crippen LogP contribution in [0.1, 0.15) is 27.2 Å². The van der Waals surface area contributed by atoms with Crippen molar-refractivity contribution >= 4 is 39.3 Å². The lowest BCUT2D eigenvalue weighted by Crippen LogP contribution is -2.22. The topological polar surface area (TPSA) is 52.3 Å². The van der Waals surface area contributed by atoms with Gasteiger partial charge in [-0.05, 0) is 48.3 Å². The minimum absolute atomic E-state index is 0.0674. The van der Waals surface area contributed by atoms with Crippen molar-refractivity contribution in [1.29, 1.82) is 0 Å². The predicted octanol–water partition coefficient (Wildman–Crippen LogP) is 3.99. The number of anilines is 1. The van der Waals surface area contributed by atoms with E-state index in [4.69, 9.17) is 10.5 Å². The third kappa shape index (κ3) is 4.69. The molecule has 2 N–H and O–H groups in total. The average Bonchev–Trinajstić information content (AvgIpc) is 2.31. The highest BCUT2D eigenvalue weighted by Gasteiger charge is 2.22. The van der Waals surface area contributed by atoms with Crippen LogP contribution in [0, 0.1) is 5.82 Å². The summed E-state index contributed by atoms with van der Waals surface area (Å²) in [4.78, 5) is 12.6. The normalized spacial score (nSPS) is 12.5. The Bertz CT molecular complexity index is 468. The zero-order valence-corrected chi connectivity index (χ0v) is 13.5. The number of esters is 1. The number of nitrogens with two attached hydrogens (primary N) is 1. The van der Waals surface area contributed by atoms with E-state index in [1.807, 2.05) is 6.92 Å². The van der Waals surface area contributed by atoms with E-state index < -0.39 is 5.82 Å². The summed E-state index contributed by atoms with van der Waals surface area (Å²) in [7, 11) is 0. The summed E-state index contributed by atoms with van der Waals surface area (Å²) in [5.74, 6) is -0.744. The SMILES string of the molecule is CCC(Sc1cc(N)c(F)cc1Br)C(=O)OC(C)C. The monoisotopic (exact) mass is 349 g/mol. The van der Waals surface area contributed by atoms with Crippen LogP contribution in [0.3, 0.4) is 0 Å². The van der Waals surface area contributed by atoms with Gasteiger partial charge in [-0.15, -0.1) is 11.8 Å². The fourth-order valence-corrected chi connectivity index (χ4v) is 2.98. The van der Waals surface area contributed by atoms with E-state index in [1.165, 1.54) is 23.9 Å². The van der Waals surface area contributed by atoms with Crippen LogP contribution < -0.4 is 5.73 Å². The summed E-state index contributed by atoms with van der Waals surface area (Å²) in [5, 5.41) is -0.330. The Morgan fingerprint density at radius 1 is 1.53 bits per heavy atom. The van der Waals surface area contributed by atoms with Gasteiger partial charge in [0.2, 0.25) is 0 Å². The molecule has 1 rings (SSSR count). The standard InChI is InChI=1S/C13H17BrFNO2S/c1-4-11(13(17)18-7(2)3)19-12-6-10(16)9(15)5-8(12)14/h5-7,11H,4,16H2,1-3H3. The molecule has 106 valence electrons. The minimum Gasteiger partial charge on any atom is -0.462 e. The van der Waals surface area contributed by atoms with Gasteiger partial charge in [0.15, 0.2) is 0 Å². The van der Waals surface area contributed by atoms with Crippen molar-refractivity contribution in [2.24, 2.45) is 0 Å². The van der Waals surface area contributed by atoms with Crippen LogP contribution in [0.25, 0.3) is 0 Å². The van der Waals surface area contributed by atoms with E-state index in [2.05, 4.69) is 15.9 Å². The Labute approximate surface area is 125 Å². The van der Waals surface area contributed by atoms with Crippen molar-refractivity contribution < 1.29 is 13.9 Å². The molecule has 0 aliphatic carbocycles. The zero-order valence-electron chi connectivity index (χ0n) is 11.1. The average molecular weight is 350 g/mol. The first kappa shape index (κ1) is 16.3. The lowest BCUT2D eigenvalue weighted by atomic mass is 10.3. The molecule has 0 aliphatic rings. The van der Waals surface area contributed by atoms with Crippen molar-refractivity contribution in [3.05, 3.63) is 22.4 Å². The van der Waals surface area contributed by atoms with E-state index in [0.29, 0.717) is 10.9 Å². The number of ether oxygens (including phenoxy) is 1. The van der Waals surface area contributed by atoms with Crippen LogP contribution in [0.5, 0.6) is 0 Å². The Hall–Kier alpha value is -0.750. The molecule has 3 nitrogen and oxygen atoms in total. The molecule has 0 saturated heterocycles. The number of rotatable bonds is 5. The Balaban J connectivity index is 2.87. The first-order valence-corrected chi connectivity index (χ1v) is 7.64. The summed E-state index contributed by atoms with van der Waals surface area (Å²) in [6.07, 6.45) is 0.476. The molecule has 1 aromatic rings. The molecule has 1 atom stereocenters. The molecule has 0 fully saturated rings. The molecular formula is C13H17BrFNO2S. The smallest absolute Gasteiger partial charge is 0.319 e. The van der Waals surface area contributed by atoms with Gasteiger partial charge in [0.05, 0.1) is 11.8 Å². The van der Waals surface area contributed by atoms with Gasteiger partial charge in [-0.25, -0.2) is 4.39 Å². The summed E-state index contributed by atoms with van der Waals surface area (Å²) >= 11 is 4.59. The third-order valence-electron chi connectivity index (χ3n) is 2.31. The summed E-state index contributed by atoms with van der Waals surface area (Å²) in [6.45, 7) is 5.52. The largest absolute Gasteiger partial charge is 0.462 e. The Morgan fingerprint density at radius 2 is 2.16 bits per heavy atom. The molecular weight excluding hydrogens is 333 g/mol. The second-order valence-electron chi connectivity index (χ2n) is 4.30. The van der Waals surface area contributed by atoms with E-state index in [9.17, 15) is 9.18 Å². The molecule has 1 unspecified atom stereocenters. The van der Waals surface area contributed by atoms with E-state index in [1.54, 1.807) is 13.8 Å². The molecule has 0 bridgehead atoms. The van der Waals surface area contributed by atoms with Crippen LogP contribution in [0.15, 0.2) is 21.5 Å². The summed E-state index contributed by atoms with van der Waals surface area (Å²) < 4.78 is 19.0. The van der Waals surface area contributed by atoms with Crippen LogP contribution >= 0.6 is 27.7 Å². The lowest BCUT2D eigenvalue weighted by molar-refractivity contribution is -0.146. The van der Waals surface area contributed by atoms with Crippen molar-refractivity contribution in [2.75, 3.05) is 5.73 Å². The number of halogens is 2. The van der Waals surface area contributed by atoms with Gasteiger partial charge in [0.1, 0.15) is 11.1 Å². The van der Waals surface area contributed by atoms with E-state index in [-0.39, 0.29) is 23.0 Å². The van der Waals surface area contributed by atoms with Gasteiger partial charge in [-0.2, -0.15) is 0 Å². The second-order valence-corrected chi connectivity index (χ2v) is 6.40. The molecule has 0 amide bonds. The van der Waals surface area contributed by atoms with Crippen molar-refractivity contribution in [2.45, 2.75) is 43.4 Å². The highest BCUT2D eigenvalue weighted by Crippen LogP contribution is 2.35. The summed E-state index contributed by atoms with van der Waals surface area (Å²) in [6, 6.07) is 2.83. The quantitative estimate of drug-likeness (QED) is 0.496. The number of thioether (sulfide) groups is 1. The van der Waals surface area contributed by atoms with Crippen LogP contribution in [-0.2, 0) is 9.53 Å². The molecule has 0 radical (unpaired) electrons. The fraction of sp³-hybridized carbons (Fsp3) is 0.462. The zero-order chi connectivity index (χ0) is 14.6. The number of hydrogen-bond acceptors (Lipinski definition) is 4. The van der Waals surface area contributed by atoms with Crippen LogP contribution in [-0.4, -0.2) is 17.3 Å². The molecule has 19 heavy (non-hydrogen) atoms. The van der Waals surface area contributed by atoms with E-state index in [0.717, 1.165) is 4.90 Å². The lowest BCUT2D eigenvalue weighted by Gasteiger charge is -2.17. The van der Waals surface area contributed by atoms with Crippen molar-refractivity contribution in [1.82, 2.24) is 0 Å². The highest BCUT2D eigenvalue weighted by molar-refractivity contribution is 9.10. The Morgan fingerprint density at radius 3 is 2.68 bits per heavy atom. The van der Waals surface area contributed by atoms with Crippen LogP contribution in [0.4, 0.5) is 10.1 Å². The van der Waals surface area contributed by atoms with Crippen molar-refractivity contribution in [3.8, 4) is 0 Å². The number of nitrogen functional groups attached to an aromatic ring is 1. The fourth-order valence-electron chi connectivity index (χ4n) is 1.39. The number of hydrogen-bond donors (Lipinski definition) is 1.